The normalized spacial score (nSPS) is 12.8. The van der Waals surface area contributed by atoms with Gasteiger partial charge in [-0.3, -0.25) is 9.35 Å². The number of nitrogens with zero attached hydrogens (tertiary/aromatic N) is 1. The first kappa shape index (κ1) is 35.9. The number of carboxylic acids is 1. The summed E-state index contributed by atoms with van der Waals surface area (Å²) in [5.41, 5.74) is 1.44. The maximum atomic E-state index is 13.4. The van der Waals surface area contributed by atoms with Gasteiger partial charge in [-0.25, -0.2) is 13.2 Å². The minimum atomic E-state index is -5.19. The van der Waals surface area contributed by atoms with Crippen LogP contribution in [0.1, 0.15) is 108 Å². The van der Waals surface area contributed by atoms with Gasteiger partial charge in [-0.2, -0.15) is 8.42 Å². The van der Waals surface area contributed by atoms with E-state index in [1.807, 2.05) is 0 Å². The highest BCUT2D eigenvalue weighted by molar-refractivity contribution is 7.91. The smallest absolute Gasteiger partial charge is 0.347 e. The average molecular weight is 651 g/mol. The Labute approximate surface area is 252 Å². The monoisotopic (exact) mass is 650 g/mol. The van der Waals surface area contributed by atoms with Crippen molar-refractivity contribution in [1.29, 1.82) is 0 Å². The maximum Gasteiger partial charge on any atom is 0.347 e. The van der Waals surface area contributed by atoms with Crippen LogP contribution in [0, 0.1) is 0 Å². The Hall–Kier alpha value is -2.33. The van der Waals surface area contributed by atoms with E-state index in [0.717, 1.165) is 98.8 Å². The number of aryl methyl sites for hydroxylation is 1. The lowest BCUT2D eigenvalue weighted by molar-refractivity contribution is -0.150. The first-order chi connectivity index (χ1) is 19.9. The molecule has 0 aliphatic carbocycles. The van der Waals surface area contributed by atoms with Gasteiger partial charge in [0.15, 0.2) is 5.25 Å². The fourth-order valence-corrected chi connectivity index (χ4v) is 7.94. The summed E-state index contributed by atoms with van der Waals surface area (Å²) in [4.78, 5) is 30.3. The molecular weight excluding hydrogens is 609 g/mol. The van der Waals surface area contributed by atoms with Crippen LogP contribution in [0.3, 0.4) is 0 Å². The van der Waals surface area contributed by atoms with Crippen molar-refractivity contribution < 1.29 is 45.4 Å². The largest absolute Gasteiger partial charge is 0.481 e. The van der Waals surface area contributed by atoms with E-state index >= 15 is 0 Å². The van der Waals surface area contributed by atoms with Gasteiger partial charge in [-0.1, -0.05) is 83.2 Å². The topological polar surface area (TPSA) is 190 Å². The first-order valence-electron chi connectivity index (χ1n) is 14.4. The molecule has 0 saturated carbocycles. The summed E-state index contributed by atoms with van der Waals surface area (Å²) in [6.45, 7) is 4.29. The van der Waals surface area contributed by atoms with E-state index in [0.29, 0.717) is 18.4 Å². The summed E-state index contributed by atoms with van der Waals surface area (Å²) in [5.74, 6) is -3.48. The summed E-state index contributed by atoms with van der Waals surface area (Å²) in [5, 5.41) is 10.4. The highest BCUT2D eigenvalue weighted by atomic mass is 32.2. The quantitative estimate of drug-likeness (QED) is 0.0807. The summed E-state index contributed by atoms with van der Waals surface area (Å²) in [6, 6.07) is 1.54. The third kappa shape index (κ3) is 11.4. The van der Waals surface area contributed by atoms with Gasteiger partial charge < -0.3 is 14.5 Å². The predicted molar refractivity (Wildman–Crippen MR) is 158 cm³/mol. The molecule has 0 bridgehead atoms. The highest BCUT2D eigenvalue weighted by Crippen LogP contribution is 2.41. The van der Waals surface area contributed by atoms with E-state index < -0.39 is 43.8 Å². The Morgan fingerprint density at radius 2 is 1.52 bits per heavy atom. The zero-order valence-corrected chi connectivity index (χ0v) is 26.6. The Balaban J connectivity index is 2.38. The Kier molecular flexibility index (Phi) is 15.1. The minimum absolute atomic E-state index is 0.187. The molecule has 0 aliphatic heterocycles. The van der Waals surface area contributed by atoms with Gasteiger partial charge in [-0.05, 0) is 36.1 Å². The van der Waals surface area contributed by atoms with Gasteiger partial charge in [-0.15, -0.1) is 11.3 Å². The van der Waals surface area contributed by atoms with Crippen LogP contribution < -0.4 is 4.89 Å². The maximum absolute atomic E-state index is 13.4. The van der Waals surface area contributed by atoms with E-state index in [1.165, 1.54) is 12.3 Å². The van der Waals surface area contributed by atoms with Crippen molar-refractivity contribution in [3.8, 4) is 11.3 Å². The number of thiophene rings is 1. The number of aromatic nitrogens is 1. The second kappa shape index (κ2) is 17.7. The summed E-state index contributed by atoms with van der Waals surface area (Å²) >= 11 is 1.02. The molecule has 0 aromatic carbocycles. The van der Waals surface area contributed by atoms with Crippen LogP contribution in [0.15, 0.2) is 21.1 Å². The number of carboxylic acid groups (broad SMARTS) is 1. The molecule has 0 aliphatic rings. The van der Waals surface area contributed by atoms with Crippen molar-refractivity contribution in [2.24, 2.45) is 0 Å². The number of carbonyl (C=O) groups excluding carboxylic acids is 1. The standard InChI is InChI=1S/C27H42N2O10S3/c1-3-5-7-9-11-13-15-20-22(16-14-12-10-8-6-4-2)40-27(25(20)21-17-18-38-28-21)41(33,34)29-39-26(32)23(19-24(30)31)42(35,36)37/h17-18,23,29H,3-16,19H2,1-2H3,(H,30,31)(H,35,36,37). The third-order valence-corrected chi connectivity index (χ3v) is 10.8. The molecule has 0 spiro atoms. The van der Waals surface area contributed by atoms with Crippen LogP contribution in [0.5, 0.6) is 0 Å². The Morgan fingerprint density at radius 3 is 2.05 bits per heavy atom. The second-order valence-electron chi connectivity index (χ2n) is 10.2. The lowest BCUT2D eigenvalue weighted by atomic mass is 9.98. The molecular formula is C27H42N2O10S3. The van der Waals surface area contributed by atoms with E-state index in [4.69, 9.17) is 9.63 Å². The number of hydrogen-bond donors (Lipinski definition) is 3. The number of sulfonamides is 1. The number of unbranched alkanes of at least 4 members (excludes halogenated alkanes) is 10. The zero-order valence-electron chi connectivity index (χ0n) is 24.2. The fraction of sp³-hybridized carbons (Fsp3) is 0.667. The molecule has 15 heteroatoms. The number of aliphatic carboxylic acids is 1. The van der Waals surface area contributed by atoms with Gasteiger partial charge in [0.05, 0.1) is 6.42 Å². The first-order valence-corrected chi connectivity index (χ1v) is 18.2. The van der Waals surface area contributed by atoms with Crippen LogP contribution in [0.4, 0.5) is 0 Å². The van der Waals surface area contributed by atoms with Gasteiger partial charge in [0.2, 0.25) is 0 Å². The summed E-state index contributed by atoms with van der Waals surface area (Å²) in [7, 11) is -9.77. The van der Waals surface area contributed by atoms with E-state index in [9.17, 15) is 31.0 Å². The van der Waals surface area contributed by atoms with Crippen LogP contribution in [0.25, 0.3) is 11.3 Å². The SMILES string of the molecule is CCCCCCCCc1sc(S(=O)(=O)NOC(=O)C(CC(=O)O)S(=O)(=O)O)c(-c2ccon2)c1CCCCCCCC. The van der Waals surface area contributed by atoms with Crippen molar-refractivity contribution in [3.63, 3.8) is 0 Å². The lowest BCUT2D eigenvalue weighted by Gasteiger charge is -2.12. The van der Waals surface area contributed by atoms with Crippen LogP contribution >= 0.6 is 11.3 Å². The molecule has 2 aromatic rings. The minimum Gasteiger partial charge on any atom is -0.481 e. The molecule has 238 valence electrons. The molecule has 0 amide bonds. The van der Waals surface area contributed by atoms with Crippen LogP contribution in [-0.2, 0) is 47.4 Å². The molecule has 12 nitrogen and oxygen atoms in total. The van der Waals surface area contributed by atoms with Crippen molar-refractivity contribution in [1.82, 2.24) is 10.0 Å². The summed E-state index contributed by atoms with van der Waals surface area (Å²) < 4.78 is 64.0. The predicted octanol–water partition coefficient (Wildman–Crippen LogP) is 5.68. The van der Waals surface area contributed by atoms with E-state index in [1.54, 1.807) is 4.89 Å². The molecule has 0 radical (unpaired) electrons. The van der Waals surface area contributed by atoms with Gasteiger partial charge >= 0.3 is 11.9 Å². The molecule has 42 heavy (non-hydrogen) atoms. The fourth-order valence-electron chi connectivity index (χ4n) is 4.56. The van der Waals surface area contributed by atoms with Crippen molar-refractivity contribution >= 4 is 43.4 Å². The number of hydrogen-bond acceptors (Lipinski definition) is 10. The highest BCUT2D eigenvalue weighted by Gasteiger charge is 2.37. The number of rotatable bonds is 22. The van der Waals surface area contributed by atoms with Crippen LogP contribution in [-0.4, -0.2) is 48.8 Å². The van der Waals surface area contributed by atoms with Gasteiger partial charge in [0, 0.05) is 16.5 Å². The number of carbonyl (C=O) groups is 2. The molecule has 0 fully saturated rings. The van der Waals surface area contributed by atoms with Crippen molar-refractivity contribution in [2.45, 2.75) is 120 Å². The molecule has 2 aromatic heterocycles. The zero-order chi connectivity index (χ0) is 31.2. The van der Waals surface area contributed by atoms with Crippen molar-refractivity contribution in [3.05, 3.63) is 22.8 Å². The average Bonchev–Trinajstić information content (AvgIpc) is 3.58. The van der Waals surface area contributed by atoms with E-state index in [-0.39, 0.29) is 9.90 Å². The molecule has 3 N–H and O–H groups in total. The van der Waals surface area contributed by atoms with E-state index in [2.05, 4.69) is 23.8 Å². The summed E-state index contributed by atoms with van der Waals surface area (Å²) in [6.07, 6.45) is 13.9. The number of nitrogens with one attached hydrogen (secondary N) is 1. The van der Waals surface area contributed by atoms with Gasteiger partial charge in [0.1, 0.15) is 16.2 Å². The second-order valence-corrected chi connectivity index (χ2v) is 14.7. The molecule has 2 rings (SSSR count). The Morgan fingerprint density at radius 1 is 0.952 bits per heavy atom. The Bertz CT molecular complexity index is 1340. The van der Waals surface area contributed by atoms with Gasteiger partial charge in [0.25, 0.3) is 20.1 Å². The molecule has 0 saturated heterocycles. The molecule has 1 atom stereocenters. The lowest BCUT2D eigenvalue weighted by Crippen LogP contribution is -2.38. The molecule has 2 heterocycles. The van der Waals surface area contributed by atoms with Crippen LogP contribution in [0.2, 0.25) is 0 Å². The van der Waals surface area contributed by atoms with Crippen molar-refractivity contribution in [2.75, 3.05) is 0 Å². The molecule has 1 unspecified atom stereocenters. The third-order valence-electron chi connectivity index (χ3n) is 6.77.